The van der Waals surface area contributed by atoms with Gasteiger partial charge in [0, 0.05) is 30.9 Å². The minimum atomic E-state index is -4.45. The molecule has 1 atom stereocenters. The molecule has 0 spiro atoms. The second kappa shape index (κ2) is 8.64. The Morgan fingerprint density at radius 3 is 2.65 bits per heavy atom. The van der Waals surface area contributed by atoms with Gasteiger partial charge in [0.15, 0.2) is 5.82 Å². The zero-order valence-electron chi connectivity index (χ0n) is 18.3. The van der Waals surface area contributed by atoms with Gasteiger partial charge in [0.05, 0.1) is 23.0 Å². The van der Waals surface area contributed by atoms with Crippen LogP contribution in [-0.4, -0.2) is 30.1 Å². The lowest BCUT2D eigenvalue weighted by molar-refractivity contribution is -0.137. The number of nitrogens with zero attached hydrogens (tertiary/aromatic N) is 3. The predicted molar refractivity (Wildman–Crippen MR) is 126 cm³/mol. The van der Waals surface area contributed by atoms with Crippen molar-refractivity contribution in [2.45, 2.75) is 31.6 Å². The van der Waals surface area contributed by atoms with Crippen LogP contribution in [0.3, 0.4) is 0 Å². The Morgan fingerprint density at radius 1 is 1.12 bits per heavy atom. The molecule has 9 heteroatoms. The number of rotatable bonds is 3. The number of hydrogen-bond donors (Lipinski definition) is 2. The summed E-state index contributed by atoms with van der Waals surface area (Å²) in [6, 6.07) is 15.5. The summed E-state index contributed by atoms with van der Waals surface area (Å²) in [6.07, 6.45) is -2.68. The maximum atomic E-state index is 13.4. The molecule has 3 heterocycles. The van der Waals surface area contributed by atoms with Crippen LogP contribution in [0.25, 0.3) is 11.3 Å². The predicted octanol–water partition coefficient (Wildman–Crippen LogP) is 5.25. The molecule has 0 saturated carbocycles. The smallest absolute Gasteiger partial charge is 0.366 e. The average molecular weight is 467 g/mol. The van der Waals surface area contributed by atoms with Crippen molar-refractivity contribution in [2.24, 2.45) is 5.73 Å². The second-order valence-electron chi connectivity index (χ2n) is 8.56. The number of pyridine rings is 1. The van der Waals surface area contributed by atoms with Crippen molar-refractivity contribution >= 4 is 23.2 Å². The lowest BCUT2D eigenvalue weighted by Crippen LogP contribution is -2.56. The fraction of sp³-hybridized carbons (Fsp3) is 0.280. The highest BCUT2D eigenvalue weighted by molar-refractivity contribution is 6.04. The Hall–Kier alpha value is -3.59. The summed E-state index contributed by atoms with van der Waals surface area (Å²) >= 11 is 0. The van der Waals surface area contributed by atoms with Gasteiger partial charge in [-0.1, -0.05) is 24.3 Å². The molecule has 3 aromatic rings. The number of amides is 2. The molecular weight excluding hydrogens is 443 g/mol. The molecule has 2 bridgehead atoms. The third-order valence-corrected chi connectivity index (χ3v) is 6.33. The molecule has 2 aliphatic heterocycles. The van der Waals surface area contributed by atoms with Gasteiger partial charge in [-0.25, -0.2) is 9.78 Å². The molecule has 3 N–H and O–H groups in total. The van der Waals surface area contributed by atoms with Crippen LogP contribution in [0.4, 0.5) is 35.2 Å². The molecular formula is C25H24F3N5O. The Labute approximate surface area is 195 Å². The monoisotopic (exact) mass is 467 g/mol. The van der Waals surface area contributed by atoms with E-state index in [-0.39, 0.29) is 12.1 Å². The Morgan fingerprint density at radius 2 is 1.91 bits per heavy atom. The number of benzene rings is 2. The first-order valence-corrected chi connectivity index (χ1v) is 11.2. The van der Waals surface area contributed by atoms with E-state index in [2.05, 4.69) is 10.2 Å². The quantitative estimate of drug-likeness (QED) is 0.552. The fourth-order valence-electron chi connectivity index (χ4n) is 4.61. The number of aromatic nitrogens is 1. The van der Waals surface area contributed by atoms with E-state index in [1.54, 1.807) is 29.2 Å². The van der Waals surface area contributed by atoms with Gasteiger partial charge in [0.2, 0.25) is 0 Å². The molecule has 0 aliphatic carbocycles. The molecule has 1 saturated heterocycles. The third kappa shape index (κ3) is 4.19. The van der Waals surface area contributed by atoms with Gasteiger partial charge in [-0.3, -0.25) is 4.90 Å². The van der Waals surface area contributed by atoms with E-state index in [1.165, 1.54) is 6.07 Å². The average Bonchev–Trinajstić information content (AvgIpc) is 2.84. The van der Waals surface area contributed by atoms with E-state index in [9.17, 15) is 18.0 Å². The van der Waals surface area contributed by atoms with E-state index in [0.29, 0.717) is 35.9 Å². The van der Waals surface area contributed by atoms with E-state index in [1.807, 2.05) is 18.2 Å². The number of piperidine rings is 1. The molecule has 2 amide bonds. The number of carbonyl (C=O) groups excluding carboxylic acids is 1. The van der Waals surface area contributed by atoms with Crippen molar-refractivity contribution in [1.82, 2.24) is 4.98 Å². The van der Waals surface area contributed by atoms with Gasteiger partial charge < -0.3 is 16.0 Å². The lowest BCUT2D eigenvalue weighted by Gasteiger charge is -2.45. The molecule has 34 heavy (non-hydrogen) atoms. The standard InChI is InChI=1S/C25H24F3N5O/c26-25(27,28)18-4-1-3-17(13-18)21-10-11-22-23(31-21)33(20-5-2-12-32(22)15-20)24(34)30-19-8-6-16(14-29)7-9-19/h1,3-4,6-11,13,20H,2,5,12,14-15,29H2,(H,30,34). The van der Waals surface area contributed by atoms with Gasteiger partial charge >= 0.3 is 12.2 Å². The van der Waals surface area contributed by atoms with Gasteiger partial charge in [-0.15, -0.1) is 0 Å². The minimum absolute atomic E-state index is 0.0752. The number of hydrogen-bond acceptors (Lipinski definition) is 4. The van der Waals surface area contributed by atoms with Crippen LogP contribution < -0.4 is 20.9 Å². The van der Waals surface area contributed by atoms with Crippen molar-refractivity contribution in [2.75, 3.05) is 28.2 Å². The van der Waals surface area contributed by atoms with Crippen molar-refractivity contribution in [3.63, 3.8) is 0 Å². The van der Waals surface area contributed by atoms with Gasteiger partial charge in [-0.05, 0) is 54.8 Å². The highest BCUT2D eigenvalue weighted by Crippen LogP contribution is 2.40. The molecule has 6 nitrogen and oxygen atoms in total. The summed E-state index contributed by atoms with van der Waals surface area (Å²) in [7, 11) is 0. The van der Waals surface area contributed by atoms with Crippen molar-refractivity contribution < 1.29 is 18.0 Å². The maximum absolute atomic E-state index is 13.4. The molecule has 1 aromatic heterocycles. The van der Waals surface area contributed by atoms with E-state index in [4.69, 9.17) is 10.7 Å². The van der Waals surface area contributed by atoms with E-state index < -0.39 is 11.7 Å². The second-order valence-corrected chi connectivity index (χ2v) is 8.56. The normalized spacial score (nSPS) is 17.4. The largest absolute Gasteiger partial charge is 0.416 e. The zero-order chi connectivity index (χ0) is 23.9. The molecule has 0 radical (unpaired) electrons. The van der Waals surface area contributed by atoms with Crippen molar-refractivity contribution in [3.8, 4) is 11.3 Å². The third-order valence-electron chi connectivity index (χ3n) is 6.33. The van der Waals surface area contributed by atoms with E-state index in [0.717, 1.165) is 42.8 Å². The lowest BCUT2D eigenvalue weighted by atomic mass is 9.99. The van der Waals surface area contributed by atoms with Crippen LogP contribution in [-0.2, 0) is 12.7 Å². The van der Waals surface area contributed by atoms with Crippen molar-refractivity contribution in [3.05, 3.63) is 71.8 Å². The Bertz CT molecular complexity index is 1210. The summed E-state index contributed by atoms with van der Waals surface area (Å²) in [5.41, 5.74) is 8.05. The molecule has 1 unspecified atom stereocenters. The Kier molecular flexibility index (Phi) is 5.65. The fourth-order valence-corrected chi connectivity index (χ4v) is 4.61. The molecule has 176 valence electrons. The summed E-state index contributed by atoms with van der Waals surface area (Å²) < 4.78 is 39.7. The number of nitrogens with two attached hydrogens (primary N) is 1. The van der Waals surface area contributed by atoms with Crippen LogP contribution in [0.15, 0.2) is 60.7 Å². The number of alkyl halides is 3. The minimum Gasteiger partial charge on any atom is -0.366 e. The molecule has 1 fully saturated rings. The number of anilines is 3. The van der Waals surface area contributed by atoms with Gasteiger partial charge in [-0.2, -0.15) is 13.2 Å². The van der Waals surface area contributed by atoms with Crippen molar-refractivity contribution in [1.29, 1.82) is 0 Å². The number of halogens is 3. The number of carbonyl (C=O) groups is 1. The first kappa shape index (κ1) is 22.2. The van der Waals surface area contributed by atoms with Crippen LogP contribution in [0, 0.1) is 0 Å². The maximum Gasteiger partial charge on any atom is 0.416 e. The topological polar surface area (TPSA) is 74.5 Å². The Balaban J connectivity index is 1.52. The number of nitrogens with one attached hydrogen (secondary N) is 1. The van der Waals surface area contributed by atoms with Crippen LogP contribution in [0.2, 0.25) is 0 Å². The van der Waals surface area contributed by atoms with E-state index >= 15 is 0 Å². The SMILES string of the molecule is NCc1ccc(NC(=O)N2c3nc(-c4cccc(C(F)(F)F)c4)ccc3N3CCCC2C3)cc1. The van der Waals surface area contributed by atoms with Gasteiger partial charge in [0.1, 0.15) is 0 Å². The highest BCUT2D eigenvalue weighted by atomic mass is 19.4. The summed E-state index contributed by atoms with van der Waals surface area (Å²) in [6.45, 7) is 1.95. The molecule has 2 aromatic carbocycles. The highest BCUT2D eigenvalue weighted by Gasteiger charge is 2.38. The summed E-state index contributed by atoms with van der Waals surface area (Å²) in [5.74, 6) is 0.460. The molecule has 2 aliphatic rings. The first-order valence-electron chi connectivity index (χ1n) is 11.2. The summed E-state index contributed by atoms with van der Waals surface area (Å²) in [5, 5.41) is 2.93. The zero-order valence-corrected chi connectivity index (χ0v) is 18.3. The van der Waals surface area contributed by atoms with Crippen LogP contribution in [0.5, 0.6) is 0 Å². The van der Waals surface area contributed by atoms with Crippen LogP contribution >= 0.6 is 0 Å². The first-order chi connectivity index (χ1) is 16.3. The number of urea groups is 1. The molecule has 5 rings (SSSR count). The van der Waals surface area contributed by atoms with Crippen LogP contribution in [0.1, 0.15) is 24.0 Å². The van der Waals surface area contributed by atoms with Gasteiger partial charge in [0.25, 0.3) is 0 Å². The number of fused-ring (bicyclic) bond motifs is 4. The summed E-state index contributed by atoms with van der Waals surface area (Å²) in [4.78, 5) is 21.9.